The minimum Gasteiger partial charge on any atom is -0.319 e. The number of rotatable bonds is 3. The van der Waals surface area contributed by atoms with Crippen LogP contribution in [0.25, 0.3) is 0 Å². The first kappa shape index (κ1) is 14.9. The number of fused-ring (bicyclic) bond motifs is 1. The zero-order valence-electron chi connectivity index (χ0n) is 13.6. The predicted octanol–water partition coefficient (Wildman–Crippen LogP) is 2.54. The maximum Gasteiger partial charge on any atom is 0.325 e. The van der Waals surface area contributed by atoms with Crippen LogP contribution < -0.4 is 5.32 Å². The third kappa shape index (κ3) is 2.28. The molecule has 2 aliphatic rings. The lowest BCUT2D eigenvalue weighted by Crippen LogP contribution is -2.40. The molecule has 122 valence electrons. The lowest BCUT2D eigenvalue weighted by atomic mass is 9.89. The Kier molecular flexibility index (Phi) is 3.37. The summed E-state index contributed by atoms with van der Waals surface area (Å²) in [4.78, 5) is 30.6. The van der Waals surface area contributed by atoms with Crippen molar-refractivity contribution in [2.24, 2.45) is 0 Å². The van der Waals surface area contributed by atoms with Gasteiger partial charge in [-0.15, -0.1) is 0 Å². The van der Waals surface area contributed by atoms with Gasteiger partial charge in [-0.25, -0.2) is 4.79 Å². The number of nitrogens with one attached hydrogen (secondary N) is 1. The predicted molar refractivity (Wildman–Crippen MR) is 89.1 cm³/mol. The topological polar surface area (TPSA) is 62.3 Å². The first-order chi connectivity index (χ1) is 11.6. The molecule has 2 aromatic rings. The summed E-state index contributed by atoms with van der Waals surface area (Å²) < 4.78 is 0. The number of amides is 3. The Morgan fingerprint density at radius 1 is 1.12 bits per heavy atom. The molecule has 3 amide bonds. The second-order valence-corrected chi connectivity index (χ2v) is 6.64. The largest absolute Gasteiger partial charge is 0.325 e. The van der Waals surface area contributed by atoms with Gasteiger partial charge in [0, 0.05) is 12.4 Å². The van der Waals surface area contributed by atoms with Crippen LogP contribution in [0.2, 0.25) is 0 Å². The molecule has 1 atom stereocenters. The fourth-order valence-corrected chi connectivity index (χ4v) is 3.59. The van der Waals surface area contributed by atoms with Gasteiger partial charge in [0.05, 0.1) is 6.54 Å². The average molecular weight is 321 g/mol. The molecule has 24 heavy (non-hydrogen) atoms. The molecule has 2 heterocycles. The summed E-state index contributed by atoms with van der Waals surface area (Å²) in [6, 6.07) is 9.42. The van der Waals surface area contributed by atoms with Gasteiger partial charge in [0.2, 0.25) is 0 Å². The normalized spacial score (nSPS) is 22.6. The van der Waals surface area contributed by atoms with E-state index in [-0.39, 0.29) is 18.5 Å². The highest BCUT2D eigenvalue weighted by atomic mass is 16.2. The van der Waals surface area contributed by atoms with Gasteiger partial charge in [0.25, 0.3) is 5.91 Å². The second-order valence-electron chi connectivity index (χ2n) is 6.64. The number of nitrogens with zero attached hydrogens (tertiary/aromatic N) is 2. The van der Waals surface area contributed by atoms with E-state index >= 15 is 0 Å². The summed E-state index contributed by atoms with van der Waals surface area (Å²) in [5.41, 5.74) is 3.39. The first-order valence-corrected chi connectivity index (χ1v) is 8.23. The monoisotopic (exact) mass is 321 g/mol. The number of imide groups is 1. The summed E-state index contributed by atoms with van der Waals surface area (Å²) in [7, 11) is 0. The Balaban J connectivity index is 1.64. The van der Waals surface area contributed by atoms with Crippen molar-refractivity contribution < 1.29 is 9.59 Å². The van der Waals surface area contributed by atoms with Crippen molar-refractivity contribution in [2.75, 3.05) is 0 Å². The second kappa shape index (κ2) is 5.44. The molecular weight excluding hydrogens is 302 g/mol. The lowest BCUT2D eigenvalue weighted by Gasteiger charge is -2.23. The standard InChI is InChI=1S/C19H19N3O2/c1-19(16-6-5-14-3-2-4-15(14)11-16)17(23)22(18(24)21-19)12-13-7-9-20-10-8-13/h5-11H,2-4,12H2,1H3,(H,21,24). The van der Waals surface area contributed by atoms with Crippen molar-refractivity contribution in [3.63, 3.8) is 0 Å². The van der Waals surface area contributed by atoms with E-state index in [0.717, 1.165) is 30.4 Å². The molecule has 0 spiro atoms. The van der Waals surface area contributed by atoms with Crippen LogP contribution in [0.5, 0.6) is 0 Å². The number of carbonyl (C=O) groups excluding carboxylic acids is 2. The molecule has 1 aliphatic heterocycles. The van der Waals surface area contributed by atoms with Gasteiger partial charge in [-0.1, -0.05) is 18.2 Å². The first-order valence-electron chi connectivity index (χ1n) is 8.23. The average Bonchev–Trinajstić information content (AvgIpc) is 3.14. The molecule has 1 N–H and O–H groups in total. The van der Waals surface area contributed by atoms with E-state index in [2.05, 4.69) is 22.4 Å². The molecule has 5 heteroatoms. The summed E-state index contributed by atoms with van der Waals surface area (Å²) in [6.45, 7) is 2.05. The Morgan fingerprint density at radius 3 is 2.67 bits per heavy atom. The van der Waals surface area contributed by atoms with Crippen molar-refractivity contribution in [2.45, 2.75) is 38.3 Å². The van der Waals surface area contributed by atoms with Crippen molar-refractivity contribution in [3.05, 3.63) is 65.0 Å². The third-order valence-electron chi connectivity index (χ3n) is 5.04. The van der Waals surface area contributed by atoms with E-state index in [4.69, 9.17) is 0 Å². The van der Waals surface area contributed by atoms with E-state index in [9.17, 15) is 9.59 Å². The van der Waals surface area contributed by atoms with E-state index in [1.54, 1.807) is 19.3 Å². The minimum atomic E-state index is -0.998. The fraction of sp³-hybridized carbons (Fsp3) is 0.316. The highest BCUT2D eigenvalue weighted by Gasteiger charge is 2.49. The van der Waals surface area contributed by atoms with Gasteiger partial charge >= 0.3 is 6.03 Å². The molecule has 0 bridgehead atoms. The SMILES string of the molecule is CC1(c2ccc3c(c2)CCC3)NC(=O)N(Cc2ccncc2)C1=O. The van der Waals surface area contributed by atoms with E-state index in [1.807, 2.05) is 18.2 Å². The molecule has 1 aliphatic carbocycles. The number of aromatic nitrogens is 1. The van der Waals surface area contributed by atoms with Gasteiger partial charge in [-0.2, -0.15) is 0 Å². The minimum absolute atomic E-state index is 0.206. The third-order valence-corrected chi connectivity index (χ3v) is 5.04. The number of hydrogen-bond acceptors (Lipinski definition) is 3. The summed E-state index contributed by atoms with van der Waals surface area (Å²) >= 11 is 0. The van der Waals surface area contributed by atoms with Gasteiger partial charge in [0.1, 0.15) is 5.54 Å². The Morgan fingerprint density at radius 2 is 1.88 bits per heavy atom. The van der Waals surface area contributed by atoms with Crippen LogP contribution in [0.3, 0.4) is 0 Å². The van der Waals surface area contributed by atoms with Crippen LogP contribution in [-0.2, 0) is 29.7 Å². The number of benzene rings is 1. The lowest BCUT2D eigenvalue weighted by molar-refractivity contribution is -0.131. The van der Waals surface area contributed by atoms with Gasteiger partial charge < -0.3 is 5.32 Å². The van der Waals surface area contributed by atoms with Crippen LogP contribution in [-0.4, -0.2) is 21.8 Å². The number of carbonyl (C=O) groups is 2. The molecule has 4 rings (SSSR count). The van der Waals surface area contributed by atoms with Gasteiger partial charge in [0.15, 0.2) is 0 Å². The fourth-order valence-electron chi connectivity index (χ4n) is 3.59. The van der Waals surface area contributed by atoms with Crippen LogP contribution in [0.4, 0.5) is 4.79 Å². The Labute approximate surface area is 140 Å². The smallest absolute Gasteiger partial charge is 0.319 e. The highest BCUT2D eigenvalue weighted by molar-refractivity contribution is 6.07. The molecule has 1 aromatic carbocycles. The molecule has 0 saturated carbocycles. The quantitative estimate of drug-likeness (QED) is 0.884. The van der Waals surface area contributed by atoms with Gasteiger partial charge in [-0.3, -0.25) is 14.7 Å². The van der Waals surface area contributed by atoms with E-state index in [1.165, 1.54) is 16.0 Å². The zero-order chi connectivity index (χ0) is 16.7. The Hall–Kier alpha value is -2.69. The summed E-state index contributed by atoms with van der Waals surface area (Å²) in [6.07, 6.45) is 6.62. The zero-order valence-corrected chi connectivity index (χ0v) is 13.6. The van der Waals surface area contributed by atoms with Crippen molar-refractivity contribution in [3.8, 4) is 0 Å². The molecule has 5 nitrogen and oxygen atoms in total. The summed E-state index contributed by atoms with van der Waals surface area (Å²) in [5.74, 6) is -0.206. The molecular formula is C19H19N3O2. The van der Waals surface area contributed by atoms with Crippen LogP contribution in [0.1, 0.15) is 35.6 Å². The van der Waals surface area contributed by atoms with Crippen LogP contribution in [0.15, 0.2) is 42.7 Å². The number of urea groups is 1. The Bertz CT molecular complexity index is 819. The molecule has 1 fully saturated rings. The molecule has 1 saturated heterocycles. The maximum atomic E-state index is 13.0. The van der Waals surface area contributed by atoms with Crippen molar-refractivity contribution >= 4 is 11.9 Å². The number of pyridine rings is 1. The maximum absolute atomic E-state index is 13.0. The van der Waals surface area contributed by atoms with Crippen LogP contribution in [0, 0.1) is 0 Å². The van der Waals surface area contributed by atoms with E-state index < -0.39 is 5.54 Å². The van der Waals surface area contributed by atoms with Crippen LogP contribution >= 0.6 is 0 Å². The molecule has 0 radical (unpaired) electrons. The number of aryl methyl sites for hydroxylation is 2. The highest BCUT2D eigenvalue weighted by Crippen LogP contribution is 2.33. The summed E-state index contributed by atoms with van der Waals surface area (Å²) in [5, 5.41) is 2.88. The van der Waals surface area contributed by atoms with Crippen molar-refractivity contribution in [1.29, 1.82) is 0 Å². The molecule has 1 aromatic heterocycles. The van der Waals surface area contributed by atoms with E-state index in [0.29, 0.717) is 0 Å². The number of hydrogen-bond donors (Lipinski definition) is 1. The van der Waals surface area contributed by atoms with Gasteiger partial charge in [-0.05, 0) is 60.6 Å². The molecule has 1 unspecified atom stereocenters. The van der Waals surface area contributed by atoms with Crippen molar-refractivity contribution in [1.82, 2.24) is 15.2 Å².